The molecule has 4 rings (SSSR count). The molecule has 0 spiro atoms. The minimum atomic E-state index is -1.70. The number of ether oxygens (including phenoxy) is 6. The van der Waals surface area contributed by atoms with E-state index in [0.717, 1.165) is 44.3 Å². The molecule has 230 valence electrons. The summed E-state index contributed by atoms with van der Waals surface area (Å²) in [5.41, 5.74) is 4.34. The lowest BCUT2D eigenvalue weighted by molar-refractivity contribution is -0.350. The van der Waals surface area contributed by atoms with E-state index in [1.807, 2.05) is 37.3 Å². The van der Waals surface area contributed by atoms with Gasteiger partial charge < -0.3 is 28.4 Å². The van der Waals surface area contributed by atoms with E-state index in [2.05, 4.69) is 17.9 Å². The molecule has 1 aromatic carbocycles. The number of rotatable bonds is 14. The first kappa shape index (κ1) is 32.2. The average molecular weight is 583 g/mol. The summed E-state index contributed by atoms with van der Waals surface area (Å²) < 4.78 is 34.9. The Balaban J connectivity index is 1.35. The van der Waals surface area contributed by atoms with Crippen LogP contribution in [-0.2, 0) is 33.3 Å². The largest absolute Gasteiger partial charge is 0.493 e. The quantitative estimate of drug-likeness (QED) is 0.0823. The van der Waals surface area contributed by atoms with Gasteiger partial charge in [0.1, 0.15) is 11.5 Å². The summed E-state index contributed by atoms with van der Waals surface area (Å²) in [4.78, 5) is 25.7. The monoisotopic (exact) mass is 582 g/mol. The number of Topliss-reactive ketones (excluding diaryl/α,β-unsaturated/α-hetero) is 1. The number of aryl methyl sites for hydroxylation is 1. The lowest BCUT2D eigenvalue weighted by Crippen LogP contribution is -2.51. The predicted octanol–water partition coefficient (Wildman–Crippen LogP) is 6.36. The molecule has 0 aromatic heterocycles. The fourth-order valence-corrected chi connectivity index (χ4v) is 5.66. The molecule has 1 aromatic rings. The third kappa shape index (κ3) is 9.65. The van der Waals surface area contributed by atoms with E-state index in [4.69, 9.17) is 28.4 Å². The Morgan fingerprint density at radius 1 is 1.05 bits per heavy atom. The van der Waals surface area contributed by atoms with Gasteiger partial charge in [-0.15, -0.1) is 5.73 Å². The molecule has 2 heterocycles. The van der Waals surface area contributed by atoms with Crippen LogP contribution in [-0.4, -0.2) is 57.1 Å². The van der Waals surface area contributed by atoms with Crippen LogP contribution in [0.4, 0.5) is 0 Å². The number of ketones is 1. The fourth-order valence-electron chi connectivity index (χ4n) is 5.66. The first-order chi connectivity index (χ1) is 20.5. The number of esters is 1. The minimum Gasteiger partial charge on any atom is -0.493 e. The zero-order valence-corrected chi connectivity index (χ0v) is 25.1. The van der Waals surface area contributed by atoms with E-state index in [-0.39, 0.29) is 24.0 Å². The highest BCUT2D eigenvalue weighted by Crippen LogP contribution is 2.33. The van der Waals surface area contributed by atoms with Crippen molar-refractivity contribution in [3.05, 3.63) is 59.9 Å². The molecule has 42 heavy (non-hydrogen) atoms. The van der Waals surface area contributed by atoms with Gasteiger partial charge in [-0.2, -0.15) is 0 Å². The highest BCUT2D eigenvalue weighted by Gasteiger charge is 2.47. The van der Waals surface area contributed by atoms with Crippen molar-refractivity contribution in [1.82, 2.24) is 0 Å². The van der Waals surface area contributed by atoms with E-state index in [0.29, 0.717) is 45.5 Å². The average Bonchev–Trinajstić information content (AvgIpc) is 3.36. The van der Waals surface area contributed by atoms with Crippen molar-refractivity contribution in [3.8, 4) is 5.75 Å². The molecule has 0 radical (unpaired) electrons. The SMILES string of the molecule is COC(=O)C(CC=C=CC[C@H]1C(=O)CC[C@@H]1/C=C/CCOc1cccc(C)c1)(OC1CCCCO1)OC1CCCCO1. The molecular weight excluding hydrogens is 536 g/mol. The predicted molar refractivity (Wildman–Crippen MR) is 158 cm³/mol. The molecule has 2 saturated heterocycles. The van der Waals surface area contributed by atoms with Gasteiger partial charge in [-0.25, -0.2) is 4.79 Å². The van der Waals surface area contributed by atoms with Gasteiger partial charge in [-0.05, 0) is 100 Å². The van der Waals surface area contributed by atoms with Crippen molar-refractivity contribution in [2.24, 2.45) is 11.8 Å². The van der Waals surface area contributed by atoms with Gasteiger partial charge in [0.25, 0.3) is 5.79 Å². The van der Waals surface area contributed by atoms with E-state index < -0.39 is 24.3 Å². The zero-order chi connectivity index (χ0) is 29.6. The van der Waals surface area contributed by atoms with Crippen LogP contribution in [0.3, 0.4) is 0 Å². The van der Waals surface area contributed by atoms with Crippen LogP contribution in [0, 0.1) is 18.8 Å². The van der Waals surface area contributed by atoms with Crippen LogP contribution >= 0.6 is 0 Å². The van der Waals surface area contributed by atoms with Gasteiger partial charge in [0.15, 0.2) is 12.6 Å². The third-order valence-electron chi connectivity index (χ3n) is 7.97. The maximum absolute atomic E-state index is 13.1. The Bertz CT molecular complexity index is 1070. The Kier molecular flexibility index (Phi) is 12.9. The molecular formula is C34H46O8. The van der Waals surface area contributed by atoms with E-state index in [1.165, 1.54) is 12.7 Å². The Hall–Kier alpha value is -2.74. The molecule has 2 aliphatic heterocycles. The number of benzene rings is 1. The van der Waals surface area contributed by atoms with Gasteiger partial charge in [0.2, 0.25) is 0 Å². The molecule has 8 nitrogen and oxygen atoms in total. The summed E-state index contributed by atoms with van der Waals surface area (Å²) in [5.74, 6) is -1.07. The van der Waals surface area contributed by atoms with Crippen LogP contribution in [0.5, 0.6) is 5.75 Å². The van der Waals surface area contributed by atoms with Crippen molar-refractivity contribution >= 4 is 11.8 Å². The normalized spacial score (nSPS) is 25.9. The number of allylic oxidation sites excluding steroid dienone is 1. The Morgan fingerprint density at radius 2 is 1.79 bits per heavy atom. The van der Waals surface area contributed by atoms with Crippen LogP contribution in [0.2, 0.25) is 0 Å². The van der Waals surface area contributed by atoms with Gasteiger partial charge >= 0.3 is 5.97 Å². The molecule has 3 aliphatic rings. The lowest BCUT2D eigenvalue weighted by Gasteiger charge is -2.38. The molecule has 0 amide bonds. The maximum atomic E-state index is 13.1. The fraction of sp³-hybridized carbons (Fsp3) is 0.618. The van der Waals surface area contributed by atoms with Crippen LogP contribution in [0.25, 0.3) is 0 Å². The summed E-state index contributed by atoms with van der Waals surface area (Å²) in [7, 11) is 1.32. The van der Waals surface area contributed by atoms with Crippen LogP contribution < -0.4 is 4.74 Å². The van der Waals surface area contributed by atoms with Gasteiger partial charge in [0.05, 0.1) is 13.7 Å². The summed E-state index contributed by atoms with van der Waals surface area (Å²) >= 11 is 0. The topological polar surface area (TPSA) is 89.5 Å². The first-order valence-electron chi connectivity index (χ1n) is 15.4. The molecule has 1 aliphatic carbocycles. The van der Waals surface area contributed by atoms with Crippen molar-refractivity contribution < 1.29 is 38.0 Å². The standard InChI is InChI=1S/C34H46O8/c1-26-13-12-15-28(25-26)38-22-9-5-14-27-19-20-30(35)29(27)16-4-3-8-21-34(33(36)37-2,41-31-17-6-10-23-39-31)42-32-18-7-11-24-40-32/h4-5,8,12-15,25,27,29,31-32H,6-7,9-11,16-24H2,1-2H3/b14-5+/t3?,27-,29+,31?,32?,34?/m0/s1. The first-order valence-corrected chi connectivity index (χ1v) is 15.4. The summed E-state index contributed by atoms with van der Waals surface area (Å²) in [6.45, 7) is 3.78. The molecule has 4 atom stereocenters. The van der Waals surface area contributed by atoms with Gasteiger partial charge in [0, 0.05) is 32.0 Å². The molecule has 8 heteroatoms. The Morgan fingerprint density at radius 3 is 2.43 bits per heavy atom. The van der Waals surface area contributed by atoms with Gasteiger partial charge in [-0.3, -0.25) is 4.79 Å². The second kappa shape index (κ2) is 16.8. The smallest absolute Gasteiger partial charge is 0.367 e. The lowest BCUT2D eigenvalue weighted by atomic mass is 9.91. The van der Waals surface area contributed by atoms with Crippen molar-refractivity contribution in [2.45, 2.75) is 95.9 Å². The number of hydrogen-bond acceptors (Lipinski definition) is 8. The molecule has 0 bridgehead atoms. The van der Waals surface area contributed by atoms with Crippen LogP contribution in [0.15, 0.2) is 54.3 Å². The van der Waals surface area contributed by atoms with Gasteiger partial charge in [-0.1, -0.05) is 24.3 Å². The van der Waals surface area contributed by atoms with E-state index in [1.54, 1.807) is 6.08 Å². The number of hydrogen-bond donors (Lipinski definition) is 0. The summed E-state index contributed by atoms with van der Waals surface area (Å²) in [6.07, 6.45) is 14.8. The second-order valence-electron chi connectivity index (χ2n) is 11.2. The molecule has 2 unspecified atom stereocenters. The Labute approximate surface area is 250 Å². The maximum Gasteiger partial charge on any atom is 0.367 e. The van der Waals surface area contributed by atoms with Crippen molar-refractivity contribution in [3.63, 3.8) is 0 Å². The highest BCUT2D eigenvalue weighted by atomic mass is 16.8. The molecule has 0 N–H and O–H groups in total. The minimum absolute atomic E-state index is 0.0796. The number of carbonyl (C=O) groups excluding carboxylic acids is 2. The van der Waals surface area contributed by atoms with Crippen molar-refractivity contribution in [1.29, 1.82) is 0 Å². The second-order valence-corrected chi connectivity index (χ2v) is 11.2. The number of carbonyl (C=O) groups is 2. The molecule has 3 fully saturated rings. The third-order valence-corrected chi connectivity index (χ3v) is 7.97. The van der Waals surface area contributed by atoms with E-state index in [9.17, 15) is 9.59 Å². The molecule has 1 saturated carbocycles. The summed E-state index contributed by atoms with van der Waals surface area (Å²) in [6, 6.07) is 8.02. The highest BCUT2D eigenvalue weighted by molar-refractivity contribution is 5.83. The van der Waals surface area contributed by atoms with E-state index >= 15 is 0 Å². The zero-order valence-electron chi connectivity index (χ0n) is 25.1. The number of methoxy groups -OCH3 is 1. The summed E-state index contributed by atoms with van der Waals surface area (Å²) in [5, 5.41) is 0. The van der Waals surface area contributed by atoms with Crippen molar-refractivity contribution in [2.75, 3.05) is 26.9 Å². The van der Waals surface area contributed by atoms with Crippen LogP contribution in [0.1, 0.15) is 76.2 Å².